The number of rotatable bonds is 3. The number of hydrogen-bond donors (Lipinski definition) is 3. The molecule has 1 rings (SSSR count). The van der Waals surface area contributed by atoms with Gasteiger partial charge in [0.2, 0.25) is 0 Å². The molecule has 0 spiro atoms. The van der Waals surface area contributed by atoms with Crippen LogP contribution in [0.5, 0.6) is 0 Å². The van der Waals surface area contributed by atoms with E-state index >= 15 is 0 Å². The van der Waals surface area contributed by atoms with Crippen LogP contribution in [0.15, 0.2) is 0 Å². The summed E-state index contributed by atoms with van der Waals surface area (Å²) >= 11 is 0. The summed E-state index contributed by atoms with van der Waals surface area (Å²) in [5.41, 5.74) is -1.32. The van der Waals surface area contributed by atoms with Gasteiger partial charge in [-0.3, -0.25) is 0 Å². The predicted molar refractivity (Wildman–Crippen MR) is 56.4 cm³/mol. The van der Waals surface area contributed by atoms with Crippen LogP contribution in [0.25, 0.3) is 0 Å². The van der Waals surface area contributed by atoms with Gasteiger partial charge in [-0.25, -0.2) is 0 Å². The van der Waals surface area contributed by atoms with Gasteiger partial charge in [0.1, 0.15) is 17.8 Å². The van der Waals surface area contributed by atoms with E-state index in [1.54, 1.807) is 6.92 Å². The Hall–Kier alpha value is -0.160. The zero-order chi connectivity index (χ0) is 11.6. The van der Waals surface area contributed by atoms with E-state index in [4.69, 9.17) is 4.74 Å². The van der Waals surface area contributed by atoms with Crippen molar-refractivity contribution >= 4 is 0 Å². The lowest BCUT2D eigenvalue weighted by Crippen LogP contribution is -2.61. The Morgan fingerprint density at radius 3 is 2.53 bits per heavy atom. The van der Waals surface area contributed by atoms with Crippen molar-refractivity contribution in [3.8, 4) is 0 Å². The average Bonchev–Trinajstić information content (AvgIpc) is 2.18. The third-order valence-electron chi connectivity index (χ3n) is 3.22. The highest BCUT2D eigenvalue weighted by Gasteiger charge is 2.48. The maximum absolute atomic E-state index is 10.3. The van der Waals surface area contributed by atoms with Crippen LogP contribution in [0.2, 0.25) is 0 Å². The predicted octanol–water partition coefficient (Wildman–Crippen LogP) is 0.294. The van der Waals surface area contributed by atoms with Crippen molar-refractivity contribution in [1.29, 1.82) is 0 Å². The van der Waals surface area contributed by atoms with E-state index in [0.717, 1.165) is 6.42 Å². The normalized spacial score (nSPS) is 42.2. The first kappa shape index (κ1) is 12.9. The van der Waals surface area contributed by atoms with Gasteiger partial charge in [0.15, 0.2) is 0 Å². The third kappa shape index (κ3) is 2.69. The first-order chi connectivity index (χ1) is 6.88. The fraction of sp³-hybridized carbons (Fsp3) is 1.00. The summed E-state index contributed by atoms with van der Waals surface area (Å²) in [6.45, 7) is 5.93. The smallest absolute Gasteiger partial charge is 0.119 e. The molecule has 1 aliphatic rings. The molecule has 0 aromatic heterocycles. The van der Waals surface area contributed by atoms with Crippen molar-refractivity contribution in [2.45, 2.75) is 57.5 Å². The van der Waals surface area contributed by atoms with E-state index < -0.39 is 23.9 Å². The van der Waals surface area contributed by atoms with Gasteiger partial charge >= 0.3 is 0 Å². The Morgan fingerprint density at radius 1 is 1.40 bits per heavy atom. The molecule has 1 saturated heterocycles. The van der Waals surface area contributed by atoms with Gasteiger partial charge in [0.05, 0.1) is 12.7 Å². The van der Waals surface area contributed by atoms with Crippen LogP contribution in [0, 0.1) is 5.92 Å². The summed E-state index contributed by atoms with van der Waals surface area (Å²) < 4.78 is 5.25. The maximum atomic E-state index is 10.3. The van der Waals surface area contributed by atoms with E-state index in [1.807, 2.05) is 0 Å². The highest BCUT2D eigenvalue weighted by Crippen LogP contribution is 2.31. The van der Waals surface area contributed by atoms with Crippen LogP contribution >= 0.6 is 0 Å². The quantitative estimate of drug-likeness (QED) is 0.637. The summed E-state index contributed by atoms with van der Waals surface area (Å²) in [4.78, 5) is 0. The number of aliphatic hydroxyl groups excluding tert-OH is 2. The molecule has 3 N–H and O–H groups in total. The minimum atomic E-state index is -1.32. The SMILES string of the molecule is CC(C)CC[C@@]1(O)C(C)OCC(O)[C@H]1O. The maximum Gasteiger partial charge on any atom is 0.119 e. The van der Waals surface area contributed by atoms with Crippen LogP contribution in [0.4, 0.5) is 0 Å². The van der Waals surface area contributed by atoms with Crippen molar-refractivity contribution in [3.63, 3.8) is 0 Å². The van der Waals surface area contributed by atoms with E-state index in [2.05, 4.69) is 13.8 Å². The largest absolute Gasteiger partial charge is 0.388 e. The Kier molecular flexibility index (Phi) is 4.12. The van der Waals surface area contributed by atoms with Gasteiger partial charge in [-0.05, 0) is 25.7 Å². The zero-order valence-electron chi connectivity index (χ0n) is 9.68. The Bertz CT molecular complexity index is 207. The minimum absolute atomic E-state index is 0.0896. The van der Waals surface area contributed by atoms with Gasteiger partial charge in [-0.1, -0.05) is 13.8 Å². The monoisotopic (exact) mass is 218 g/mol. The topological polar surface area (TPSA) is 69.9 Å². The second-order valence-corrected chi connectivity index (χ2v) is 4.91. The van der Waals surface area contributed by atoms with Crippen LogP contribution in [-0.4, -0.2) is 45.8 Å². The molecular weight excluding hydrogens is 196 g/mol. The van der Waals surface area contributed by atoms with Gasteiger partial charge in [-0.2, -0.15) is 0 Å². The molecule has 0 bridgehead atoms. The molecule has 4 nitrogen and oxygen atoms in total. The molecular formula is C11H22O4. The van der Waals surface area contributed by atoms with E-state index in [1.165, 1.54) is 0 Å². The highest BCUT2D eigenvalue weighted by atomic mass is 16.5. The second-order valence-electron chi connectivity index (χ2n) is 4.91. The van der Waals surface area contributed by atoms with Gasteiger partial charge < -0.3 is 20.1 Å². The Labute approximate surface area is 90.9 Å². The first-order valence-electron chi connectivity index (χ1n) is 5.58. The van der Waals surface area contributed by atoms with E-state index in [9.17, 15) is 15.3 Å². The molecule has 0 aliphatic carbocycles. The Balaban J connectivity index is 2.67. The molecule has 2 unspecified atom stereocenters. The summed E-state index contributed by atoms with van der Waals surface area (Å²) in [7, 11) is 0. The molecule has 4 atom stereocenters. The molecule has 1 aliphatic heterocycles. The molecule has 4 heteroatoms. The zero-order valence-corrected chi connectivity index (χ0v) is 9.68. The van der Waals surface area contributed by atoms with Crippen LogP contribution in [0.1, 0.15) is 33.6 Å². The van der Waals surface area contributed by atoms with E-state index in [-0.39, 0.29) is 6.61 Å². The summed E-state index contributed by atoms with van der Waals surface area (Å²) in [5.74, 6) is 0.451. The molecule has 0 radical (unpaired) electrons. The molecule has 0 aromatic carbocycles. The lowest BCUT2D eigenvalue weighted by atomic mass is 9.80. The van der Waals surface area contributed by atoms with Gasteiger partial charge in [-0.15, -0.1) is 0 Å². The molecule has 0 saturated carbocycles. The average molecular weight is 218 g/mol. The molecule has 1 fully saturated rings. The summed E-state index contributed by atoms with van der Waals surface area (Å²) in [5, 5.41) is 29.6. The molecule has 0 amide bonds. The summed E-state index contributed by atoms with van der Waals surface area (Å²) in [6, 6.07) is 0. The molecule has 15 heavy (non-hydrogen) atoms. The second kappa shape index (κ2) is 4.78. The Morgan fingerprint density at radius 2 is 2.00 bits per heavy atom. The first-order valence-corrected chi connectivity index (χ1v) is 5.58. The fourth-order valence-electron chi connectivity index (χ4n) is 1.92. The van der Waals surface area contributed by atoms with Crippen molar-refractivity contribution in [2.24, 2.45) is 5.92 Å². The van der Waals surface area contributed by atoms with Crippen LogP contribution < -0.4 is 0 Å². The fourth-order valence-corrected chi connectivity index (χ4v) is 1.92. The number of aliphatic hydroxyl groups is 3. The lowest BCUT2D eigenvalue weighted by Gasteiger charge is -2.44. The third-order valence-corrected chi connectivity index (χ3v) is 3.22. The highest BCUT2D eigenvalue weighted by molar-refractivity contribution is 4.98. The van der Waals surface area contributed by atoms with E-state index in [0.29, 0.717) is 12.3 Å². The summed E-state index contributed by atoms with van der Waals surface area (Å²) in [6.07, 6.45) is -1.29. The van der Waals surface area contributed by atoms with Crippen molar-refractivity contribution < 1.29 is 20.1 Å². The molecule has 90 valence electrons. The number of ether oxygens (including phenoxy) is 1. The molecule has 0 aromatic rings. The molecule has 1 heterocycles. The minimum Gasteiger partial charge on any atom is -0.388 e. The van der Waals surface area contributed by atoms with Crippen molar-refractivity contribution in [1.82, 2.24) is 0 Å². The van der Waals surface area contributed by atoms with Gasteiger partial charge in [0, 0.05) is 0 Å². The number of hydrogen-bond acceptors (Lipinski definition) is 4. The van der Waals surface area contributed by atoms with Gasteiger partial charge in [0.25, 0.3) is 0 Å². The van der Waals surface area contributed by atoms with Crippen molar-refractivity contribution in [2.75, 3.05) is 6.61 Å². The lowest BCUT2D eigenvalue weighted by molar-refractivity contribution is -0.240. The van der Waals surface area contributed by atoms with Crippen molar-refractivity contribution in [3.05, 3.63) is 0 Å². The standard InChI is InChI=1S/C11H22O4/c1-7(2)4-5-11(14)8(3)15-6-9(12)10(11)13/h7-10,12-14H,4-6H2,1-3H3/t8?,9?,10-,11-/m1/s1. The van der Waals surface area contributed by atoms with Crippen LogP contribution in [0.3, 0.4) is 0 Å². The van der Waals surface area contributed by atoms with Crippen LogP contribution in [-0.2, 0) is 4.74 Å².